The van der Waals surface area contributed by atoms with Crippen LogP contribution in [-0.4, -0.2) is 72.1 Å². The monoisotopic (exact) mass is 478 g/mol. The lowest BCUT2D eigenvalue weighted by molar-refractivity contribution is -0.137. The van der Waals surface area contributed by atoms with E-state index in [1.54, 1.807) is 62.7 Å². The van der Waals surface area contributed by atoms with E-state index in [2.05, 4.69) is 5.32 Å². The number of alkyl carbamates (subject to hydrolysis) is 1. The van der Waals surface area contributed by atoms with Gasteiger partial charge in [0.2, 0.25) is 5.91 Å². The minimum Gasteiger partial charge on any atom is -0.497 e. The average Bonchev–Trinajstić information content (AvgIpc) is 2.75. The zero-order valence-corrected chi connectivity index (χ0v) is 20.9. The zero-order valence-electron chi connectivity index (χ0n) is 20.1. The van der Waals surface area contributed by atoms with Crippen molar-refractivity contribution in [2.24, 2.45) is 0 Å². The molecule has 1 aromatic rings. The second-order valence-electron chi connectivity index (χ2n) is 9.55. The molecule has 1 saturated heterocycles. The summed E-state index contributed by atoms with van der Waals surface area (Å²) >= 11 is 1.62. The fraction of sp³-hybridized carbons (Fsp3) is 0.625. The van der Waals surface area contributed by atoms with Gasteiger partial charge in [0.25, 0.3) is 0 Å². The lowest BCUT2D eigenvalue weighted by Gasteiger charge is -2.44. The van der Waals surface area contributed by atoms with E-state index in [9.17, 15) is 14.4 Å². The predicted octanol–water partition coefficient (Wildman–Crippen LogP) is 3.67. The van der Waals surface area contributed by atoms with Gasteiger partial charge < -0.3 is 24.4 Å². The number of carbonyl (C=O) groups is 3. The number of fused-ring (bicyclic) bond motifs is 1. The van der Waals surface area contributed by atoms with Crippen molar-refractivity contribution in [2.45, 2.75) is 63.7 Å². The standard InChI is InChI=1S/C24H34N2O6S/c1-23(2,3)32-22(29)25-18(8-13-33-5)21(28)26-11-9-24(10-12-26)15-19(27)17-14-16(30-4)6-7-20(17)31-24/h6-7,14,18H,8-13,15H2,1-5H3,(H,25,29). The summed E-state index contributed by atoms with van der Waals surface area (Å²) in [6, 6.07) is 4.61. The van der Waals surface area contributed by atoms with Crippen molar-refractivity contribution in [3.63, 3.8) is 0 Å². The van der Waals surface area contributed by atoms with Gasteiger partial charge in [0, 0.05) is 25.9 Å². The van der Waals surface area contributed by atoms with E-state index < -0.39 is 23.3 Å². The molecule has 3 rings (SSSR count). The summed E-state index contributed by atoms with van der Waals surface area (Å²) < 4.78 is 16.9. The molecule has 1 atom stereocenters. The van der Waals surface area contributed by atoms with Crippen LogP contribution in [0.5, 0.6) is 11.5 Å². The van der Waals surface area contributed by atoms with Crippen molar-refractivity contribution in [2.75, 3.05) is 32.2 Å². The van der Waals surface area contributed by atoms with Gasteiger partial charge >= 0.3 is 6.09 Å². The van der Waals surface area contributed by atoms with Crippen LogP contribution >= 0.6 is 11.8 Å². The van der Waals surface area contributed by atoms with Crippen molar-refractivity contribution < 1.29 is 28.6 Å². The third kappa shape index (κ3) is 6.34. The maximum Gasteiger partial charge on any atom is 0.408 e. The Hall–Kier alpha value is -2.42. The highest BCUT2D eigenvalue weighted by atomic mass is 32.2. The smallest absolute Gasteiger partial charge is 0.408 e. The van der Waals surface area contributed by atoms with Crippen LogP contribution in [0.3, 0.4) is 0 Å². The molecule has 0 saturated carbocycles. The summed E-state index contributed by atoms with van der Waals surface area (Å²) in [4.78, 5) is 40.1. The molecule has 1 N–H and O–H groups in total. The van der Waals surface area contributed by atoms with Gasteiger partial charge in [0.15, 0.2) is 5.78 Å². The van der Waals surface area contributed by atoms with Crippen LogP contribution in [0, 0.1) is 0 Å². The largest absolute Gasteiger partial charge is 0.497 e. The highest BCUT2D eigenvalue weighted by Crippen LogP contribution is 2.40. The minimum absolute atomic E-state index is 0.0272. The van der Waals surface area contributed by atoms with Crippen LogP contribution in [0.4, 0.5) is 4.79 Å². The van der Waals surface area contributed by atoms with Crippen molar-refractivity contribution in [1.82, 2.24) is 10.2 Å². The van der Waals surface area contributed by atoms with E-state index in [0.717, 1.165) is 5.75 Å². The first-order chi connectivity index (χ1) is 15.6. The molecular weight excluding hydrogens is 444 g/mol. The van der Waals surface area contributed by atoms with Crippen molar-refractivity contribution >= 4 is 29.5 Å². The number of methoxy groups -OCH3 is 1. The molecule has 0 aromatic heterocycles. The van der Waals surface area contributed by atoms with Crippen LogP contribution in [0.25, 0.3) is 0 Å². The number of amides is 2. The van der Waals surface area contributed by atoms with Crippen molar-refractivity contribution in [3.05, 3.63) is 23.8 Å². The lowest BCUT2D eigenvalue weighted by Crippen LogP contribution is -2.56. The van der Waals surface area contributed by atoms with Crippen LogP contribution in [0.15, 0.2) is 18.2 Å². The Morgan fingerprint density at radius 1 is 1.27 bits per heavy atom. The van der Waals surface area contributed by atoms with Gasteiger partial charge in [-0.3, -0.25) is 9.59 Å². The number of hydrogen-bond acceptors (Lipinski definition) is 7. The quantitative estimate of drug-likeness (QED) is 0.667. The molecule has 1 aromatic carbocycles. The number of Topliss-reactive ketones (excluding diaryl/α,β-unsaturated/α-hetero) is 1. The van der Waals surface area contributed by atoms with Gasteiger partial charge in [0.1, 0.15) is 28.7 Å². The van der Waals surface area contributed by atoms with Gasteiger partial charge in [-0.05, 0) is 57.4 Å². The molecule has 2 heterocycles. The number of thioether (sulfide) groups is 1. The Morgan fingerprint density at radius 2 is 1.97 bits per heavy atom. The fourth-order valence-corrected chi connectivity index (χ4v) is 4.65. The Balaban J connectivity index is 1.64. The molecule has 1 unspecified atom stereocenters. The summed E-state index contributed by atoms with van der Waals surface area (Å²) in [7, 11) is 1.56. The molecule has 33 heavy (non-hydrogen) atoms. The normalized spacial score (nSPS) is 18.2. The number of piperidine rings is 1. The highest BCUT2D eigenvalue weighted by molar-refractivity contribution is 7.98. The molecule has 182 valence electrons. The van der Waals surface area contributed by atoms with E-state index in [4.69, 9.17) is 14.2 Å². The Morgan fingerprint density at radius 3 is 2.58 bits per heavy atom. The molecule has 2 aliphatic heterocycles. The van der Waals surface area contributed by atoms with E-state index >= 15 is 0 Å². The summed E-state index contributed by atoms with van der Waals surface area (Å²) in [5.74, 6) is 1.82. The number of ether oxygens (including phenoxy) is 3. The number of nitrogens with one attached hydrogen (secondary N) is 1. The summed E-state index contributed by atoms with van der Waals surface area (Å²) in [6.45, 7) is 6.28. The first-order valence-corrected chi connectivity index (χ1v) is 12.6. The van der Waals surface area contributed by atoms with Gasteiger partial charge in [-0.1, -0.05) is 0 Å². The van der Waals surface area contributed by atoms with Gasteiger partial charge in [-0.2, -0.15) is 11.8 Å². The number of ketones is 1. The molecule has 1 spiro atoms. The highest BCUT2D eigenvalue weighted by Gasteiger charge is 2.44. The van der Waals surface area contributed by atoms with E-state index in [1.165, 1.54) is 0 Å². The van der Waals surface area contributed by atoms with Gasteiger partial charge in [0.05, 0.1) is 19.1 Å². The van der Waals surface area contributed by atoms with E-state index in [-0.39, 0.29) is 18.1 Å². The topological polar surface area (TPSA) is 94.2 Å². The second kappa shape index (κ2) is 10.2. The first kappa shape index (κ1) is 25.2. The van der Waals surface area contributed by atoms with Crippen molar-refractivity contribution in [3.8, 4) is 11.5 Å². The molecule has 2 amide bonds. The van der Waals surface area contributed by atoms with Gasteiger partial charge in [-0.25, -0.2) is 4.79 Å². The van der Waals surface area contributed by atoms with Crippen molar-refractivity contribution in [1.29, 1.82) is 0 Å². The predicted molar refractivity (Wildman–Crippen MR) is 127 cm³/mol. The number of carbonyl (C=O) groups excluding carboxylic acids is 3. The SMILES string of the molecule is COc1ccc2c(c1)C(=O)CC1(CCN(C(=O)C(CCSC)NC(=O)OC(C)(C)C)CC1)O2. The second-order valence-corrected chi connectivity index (χ2v) is 10.5. The van der Waals surface area contributed by atoms with E-state index in [0.29, 0.717) is 49.4 Å². The Kier molecular flexibility index (Phi) is 7.82. The number of benzene rings is 1. The molecule has 0 bridgehead atoms. The van der Waals surface area contributed by atoms with Crippen LogP contribution in [-0.2, 0) is 9.53 Å². The third-order valence-corrected chi connectivity index (χ3v) is 6.53. The summed E-state index contributed by atoms with van der Waals surface area (Å²) in [5.41, 5.74) is -0.708. The number of nitrogens with zero attached hydrogens (tertiary/aromatic N) is 1. The number of hydrogen-bond donors (Lipinski definition) is 1. The maximum atomic E-state index is 13.2. The molecule has 0 aliphatic carbocycles. The average molecular weight is 479 g/mol. The molecule has 8 nitrogen and oxygen atoms in total. The van der Waals surface area contributed by atoms with E-state index in [1.807, 2.05) is 6.26 Å². The Bertz CT molecular complexity index is 889. The first-order valence-electron chi connectivity index (χ1n) is 11.2. The van der Waals surface area contributed by atoms with Crippen LogP contribution < -0.4 is 14.8 Å². The maximum absolute atomic E-state index is 13.2. The van der Waals surface area contributed by atoms with Crippen LogP contribution in [0.2, 0.25) is 0 Å². The van der Waals surface area contributed by atoms with Crippen LogP contribution in [0.1, 0.15) is 56.8 Å². The zero-order chi connectivity index (χ0) is 24.2. The summed E-state index contributed by atoms with van der Waals surface area (Å²) in [5, 5.41) is 2.74. The third-order valence-electron chi connectivity index (χ3n) is 5.88. The minimum atomic E-state index is -0.650. The van der Waals surface area contributed by atoms with Gasteiger partial charge in [-0.15, -0.1) is 0 Å². The summed E-state index contributed by atoms with van der Waals surface area (Å²) in [6.07, 6.45) is 3.27. The molecule has 9 heteroatoms. The molecule has 2 aliphatic rings. The number of rotatable bonds is 6. The molecule has 0 radical (unpaired) electrons. The molecular formula is C24H34N2O6S. The number of likely N-dealkylation sites (tertiary alicyclic amines) is 1. The molecule has 1 fully saturated rings. The Labute approximate surface area is 199 Å². The fourth-order valence-electron chi connectivity index (χ4n) is 4.18. The lowest BCUT2D eigenvalue weighted by atomic mass is 9.82.